The minimum Gasteiger partial charge on any atom is -1.00 e. The number of rotatable bonds is 0. The smallest absolute Gasteiger partial charge is 0.381 e. The van der Waals surface area contributed by atoms with Crippen molar-refractivity contribution in [2.45, 2.75) is 34.6 Å². The van der Waals surface area contributed by atoms with Crippen molar-refractivity contribution in [2.24, 2.45) is 5.41 Å². The summed E-state index contributed by atoms with van der Waals surface area (Å²) in [6.07, 6.45) is 12.1. The summed E-state index contributed by atoms with van der Waals surface area (Å²) in [5, 5.41) is 15.0. The van der Waals surface area contributed by atoms with Gasteiger partial charge in [-0.3, -0.25) is 6.08 Å². The fourth-order valence-electron chi connectivity index (χ4n) is 1.41. The van der Waals surface area contributed by atoms with E-state index in [1.807, 2.05) is 0 Å². The maximum Gasteiger partial charge on any atom is 0.381 e. The third kappa shape index (κ3) is 12.3. The molecular weight excluding hydrogens is 339 g/mol. The molecule has 6 heteroatoms. The molecule has 1 aliphatic rings. The molecular formula is C16H19ClO4Ti-2. The van der Waals surface area contributed by atoms with Gasteiger partial charge in [-0.25, -0.2) is 15.2 Å². The van der Waals surface area contributed by atoms with Crippen LogP contribution >= 0.6 is 0 Å². The fraction of sp³-hybridized carbons (Fsp3) is 0.375. The predicted octanol–water partition coefficient (Wildman–Crippen LogP) is -0.478. The minimum absolute atomic E-state index is 0. The third-order valence-electron chi connectivity index (χ3n) is 2.81. The predicted molar refractivity (Wildman–Crippen MR) is 77.5 cm³/mol. The maximum atomic E-state index is 9.13. The minimum atomic E-state index is -1.22. The van der Waals surface area contributed by atoms with E-state index in [9.17, 15) is 0 Å². The topological polar surface area (TPSA) is 74.6 Å². The fourth-order valence-corrected chi connectivity index (χ4v) is 1.41. The quantitative estimate of drug-likeness (QED) is 0.348. The van der Waals surface area contributed by atoms with E-state index in [0.29, 0.717) is 0 Å². The Morgan fingerprint density at radius 2 is 1.32 bits per heavy atom. The summed E-state index contributed by atoms with van der Waals surface area (Å²) in [5.41, 5.74) is 4.39. The zero-order valence-corrected chi connectivity index (χ0v) is 15.6. The van der Waals surface area contributed by atoms with Crippen LogP contribution in [0.4, 0.5) is 0 Å². The Morgan fingerprint density at radius 1 is 1.05 bits per heavy atom. The van der Waals surface area contributed by atoms with Gasteiger partial charge in [0.15, 0.2) is 0 Å². The molecule has 1 rings (SSSR count). The Morgan fingerprint density at radius 3 is 1.36 bits per heavy atom. The first-order valence-corrected chi connectivity index (χ1v) is 5.68. The second-order valence-corrected chi connectivity index (χ2v) is 4.52. The van der Waals surface area contributed by atoms with Gasteiger partial charge >= 0.3 is 11.9 Å². The van der Waals surface area contributed by atoms with E-state index in [1.54, 1.807) is 0 Å². The molecule has 0 spiro atoms. The van der Waals surface area contributed by atoms with Gasteiger partial charge < -0.3 is 22.6 Å². The average Bonchev–Trinajstić information content (AvgIpc) is 2.53. The molecule has 0 fully saturated rings. The van der Waals surface area contributed by atoms with Crippen LogP contribution in [0.1, 0.15) is 34.6 Å². The first-order chi connectivity index (χ1) is 8.99. The number of carboxylic acid groups (broad SMARTS) is 2. The number of halogens is 1. The van der Waals surface area contributed by atoms with Crippen molar-refractivity contribution in [1.29, 1.82) is 0 Å². The summed E-state index contributed by atoms with van der Waals surface area (Å²) in [6.45, 7) is 10.9. The van der Waals surface area contributed by atoms with Crippen molar-refractivity contribution in [2.75, 3.05) is 0 Å². The Bertz CT molecular complexity index is 507. The SMILES string of the molecule is C#CC(=O)O.C#CC(=O)O.CC1=[C-]C(C)(C)C(C)=C1C.[Cl-].[Ti]. The number of carbonyl (C=O) groups is 2. The summed E-state index contributed by atoms with van der Waals surface area (Å²) in [4.78, 5) is 18.3. The number of allylic oxidation sites excluding steroid dienone is 4. The van der Waals surface area contributed by atoms with E-state index in [4.69, 9.17) is 19.8 Å². The molecule has 0 aromatic heterocycles. The summed E-state index contributed by atoms with van der Waals surface area (Å²) >= 11 is 0. The number of aliphatic carboxylic acids is 2. The third-order valence-corrected chi connectivity index (χ3v) is 2.81. The molecule has 0 saturated carbocycles. The first-order valence-electron chi connectivity index (χ1n) is 5.68. The van der Waals surface area contributed by atoms with Gasteiger partial charge in [-0.1, -0.05) is 33.1 Å². The molecule has 0 unspecified atom stereocenters. The standard InChI is InChI=1S/C10H15.2C3H2O2.ClH.Ti/c1-7-6-10(4,5)9(3)8(7)2;2*1-2-3(4)5;;/h1-5H3;2*1H,(H,4,5);1H;/q-1;;;;/p-1. The van der Waals surface area contributed by atoms with Crippen LogP contribution in [0, 0.1) is 36.2 Å². The van der Waals surface area contributed by atoms with Gasteiger partial charge in [0.2, 0.25) is 0 Å². The van der Waals surface area contributed by atoms with Crippen molar-refractivity contribution >= 4 is 11.9 Å². The van der Waals surface area contributed by atoms with Crippen LogP contribution in [0.25, 0.3) is 0 Å². The van der Waals surface area contributed by atoms with Crippen LogP contribution < -0.4 is 12.4 Å². The molecule has 4 nitrogen and oxygen atoms in total. The molecule has 2 N–H and O–H groups in total. The van der Waals surface area contributed by atoms with Gasteiger partial charge in [0.25, 0.3) is 0 Å². The largest absolute Gasteiger partial charge is 1.00 e. The molecule has 0 aromatic rings. The first kappa shape index (κ1) is 28.7. The molecule has 1 aliphatic carbocycles. The number of terminal acetylenes is 2. The van der Waals surface area contributed by atoms with Crippen molar-refractivity contribution in [1.82, 2.24) is 0 Å². The average molecular weight is 359 g/mol. The number of hydrogen-bond donors (Lipinski definition) is 2. The molecule has 0 saturated heterocycles. The van der Waals surface area contributed by atoms with Crippen molar-refractivity contribution < 1.29 is 53.9 Å². The van der Waals surface area contributed by atoms with Gasteiger partial charge in [0, 0.05) is 33.6 Å². The van der Waals surface area contributed by atoms with E-state index < -0.39 is 11.9 Å². The van der Waals surface area contributed by atoms with E-state index in [0.717, 1.165) is 0 Å². The van der Waals surface area contributed by atoms with Crippen LogP contribution in [0.2, 0.25) is 0 Å². The van der Waals surface area contributed by atoms with Crippen LogP contribution in [-0.4, -0.2) is 22.2 Å². The molecule has 120 valence electrons. The van der Waals surface area contributed by atoms with E-state index >= 15 is 0 Å². The van der Waals surface area contributed by atoms with E-state index in [-0.39, 0.29) is 39.5 Å². The van der Waals surface area contributed by atoms with E-state index in [1.165, 1.54) is 28.6 Å². The Labute approximate surface area is 153 Å². The molecule has 22 heavy (non-hydrogen) atoms. The Kier molecular flexibility index (Phi) is 17.2. The monoisotopic (exact) mass is 358 g/mol. The number of hydrogen-bond acceptors (Lipinski definition) is 2. The second-order valence-electron chi connectivity index (χ2n) is 4.52. The van der Waals surface area contributed by atoms with Crippen molar-refractivity contribution in [3.8, 4) is 24.7 Å². The van der Waals surface area contributed by atoms with Gasteiger partial charge in [-0.2, -0.15) is 11.1 Å². The summed E-state index contributed by atoms with van der Waals surface area (Å²) in [5.74, 6) is 0.454. The summed E-state index contributed by atoms with van der Waals surface area (Å²) < 4.78 is 0. The molecule has 0 amide bonds. The molecule has 0 atom stereocenters. The number of carboxylic acids is 2. The molecule has 0 radical (unpaired) electrons. The normalized spacial score (nSPS) is 13.1. The van der Waals surface area contributed by atoms with Crippen LogP contribution in [0.15, 0.2) is 16.7 Å². The van der Waals surface area contributed by atoms with Gasteiger partial charge in [-0.05, 0) is 0 Å². The molecule has 0 bridgehead atoms. The van der Waals surface area contributed by atoms with Crippen LogP contribution in [0.5, 0.6) is 0 Å². The van der Waals surface area contributed by atoms with Gasteiger partial charge in [0.05, 0.1) is 0 Å². The van der Waals surface area contributed by atoms with Crippen molar-refractivity contribution in [3.05, 3.63) is 22.8 Å². The molecule has 0 heterocycles. The zero-order chi connectivity index (χ0) is 16.5. The van der Waals surface area contributed by atoms with Crippen LogP contribution in [0.3, 0.4) is 0 Å². The van der Waals surface area contributed by atoms with Crippen LogP contribution in [-0.2, 0) is 31.3 Å². The Balaban J connectivity index is -0.000000117. The summed E-state index contributed by atoms with van der Waals surface area (Å²) in [6, 6.07) is 0. The second kappa shape index (κ2) is 13.2. The van der Waals surface area contributed by atoms with Crippen molar-refractivity contribution in [3.63, 3.8) is 0 Å². The zero-order valence-electron chi connectivity index (χ0n) is 13.2. The summed E-state index contributed by atoms with van der Waals surface area (Å²) in [7, 11) is 0. The van der Waals surface area contributed by atoms with Gasteiger partial charge in [-0.15, -0.1) is 19.8 Å². The molecule has 0 aliphatic heterocycles. The molecule has 0 aromatic carbocycles. The Hall–Kier alpha value is -1.46. The maximum absolute atomic E-state index is 9.13. The van der Waals surface area contributed by atoms with Gasteiger partial charge in [0.1, 0.15) is 0 Å². The van der Waals surface area contributed by atoms with E-state index in [2.05, 4.69) is 53.5 Å².